The van der Waals surface area contributed by atoms with Gasteiger partial charge in [-0.05, 0) is 48.2 Å². The fourth-order valence-corrected chi connectivity index (χ4v) is 6.85. The highest BCUT2D eigenvalue weighted by Crippen LogP contribution is 2.28. The number of anilines is 8. The van der Waals surface area contributed by atoms with Crippen molar-refractivity contribution in [1.82, 2.24) is 29.9 Å². The van der Waals surface area contributed by atoms with Crippen LogP contribution in [0.5, 0.6) is 0 Å². The number of hydrogen-bond donors (Lipinski definition) is 12. The highest BCUT2D eigenvalue weighted by molar-refractivity contribution is 7.86. The number of nitrogens with zero attached hydrogens (tertiary/aromatic N) is 6. The maximum absolute atomic E-state index is 12.5. The molecule has 0 saturated carbocycles. The Morgan fingerprint density at radius 3 is 1.08 bits per heavy atom. The number of nitrogens with one attached hydrogen (secondary N) is 6. The lowest BCUT2D eigenvalue weighted by Crippen LogP contribution is -2.17. The topological polar surface area (TPSA) is 407 Å². The summed E-state index contributed by atoms with van der Waals surface area (Å²) in [6.07, 6.45) is 2.93. The third-order valence-electron chi connectivity index (χ3n) is 7.33. The second-order valence-corrected chi connectivity index (χ2v) is 18.0. The van der Waals surface area contributed by atoms with Crippen LogP contribution in [0.15, 0.2) is 46.2 Å². The molecule has 2 aromatic carbocycles. The number of aliphatic hydroxyl groups excluding tert-OH is 2. The van der Waals surface area contributed by atoms with Gasteiger partial charge in [-0.15, -0.1) is 0 Å². The van der Waals surface area contributed by atoms with Crippen molar-refractivity contribution < 1.29 is 62.1 Å². The van der Waals surface area contributed by atoms with Crippen LogP contribution in [0, 0.1) is 0 Å². The molecule has 0 fully saturated rings. The minimum Gasteiger partial charge on any atom is -0.396 e. The van der Waals surface area contributed by atoms with Crippen molar-refractivity contribution in [3.8, 4) is 0 Å². The van der Waals surface area contributed by atoms with Crippen LogP contribution in [0.1, 0.15) is 24.0 Å². The van der Waals surface area contributed by atoms with E-state index >= 15 is 0 Å². The highest BCUT2D eigenvalue weighted by Gasteiger charge is 2.19. The molecule has 30 heteroatoms. The number of aliphatic hydroxyl groups is 2. The molecule has 2 heterocycles. The average molecular weight is 921 g/mol. The van der Waals surface area contributed by atoms with Gasteiger partial charge in [-0.1, -0.05) is 24.3 Å². The zero-order valence-corrected chi connectivity index (χ0v) is 34.2. The first kappa shape index (κ1) is 47.2. The van der Waals surface area contributed by atoms with Gasteiger partial charge in [-0.2, -0.15) is 63.6 Å². The van der Waals surface area contributed by atoms with Crippen molar-refractivity contribution in [2.24, 2.45) is 0 Å². The van der Waals surface area contributed by atoms with Gasteiger partial charge in [0.15, 0.2) is 0 Å². The van der Waals surface area contributed by atoms with Gasteiger partial charge in [-0.25, -0.2) is 0 Å². The van der Waals surface area contributed by atoms with Gasteiger partial charge in [0.1, 0.15) is 9.79 Å². The number of aromatic nitrogens is 6. The molecular weight excluding hydrogens is 881 g/mol. The Balaban J connectivity index is 1.63. The number of benzene rings is 2. The summed E-state index contributed by atoms with van der Waals surface area (Å²) in [4.78, 5) is 23.4. The summed E-state index contributed by atoms with van der Waals surface area (Å²) in [5.74, 6) is -2.06. The van der Waals surface area contributed by atoms with Crippen LogP contribution in [0.2, 0.25) is 0 Å². The smallest absolute Gasteiger partial charge is 0.295 e. The minimum atomic E-state index is -4.95. The Bertz CT molecular complexity index is 2440. The van der Waals surface area contributed by atoms with Crippen LogP contribution in [0.3, 0.4) is 0 Å². The van der Waals surface area contributed by atoms with E-state index in [-0.39, 0.29) is 97.6 Å². The molecule has 0 saturated heterocycles. The third kappa shape index (κ3) is 16.0. The van der Waals surface area contributed by atoms with Crippen molar-refractivity contribution in [3.05, 3.63) is 47.5 Å². The van der Waals surface area contributed by atoms with Gasteiger partial charge >= 0.3 is 0 Å². The molecular formula is C30H40N12O14S4. The van der Waals surface area contributed by atoms with E-state index in [2.05, 4.69) is 61.8 Å². The zero-order chi connectivity index (χ0) is 44.1. The van der Waals surface area contributed by atoms with E-state index in [9.17, 15) is 42.8 Å². The minimum absolute atomic E-state index is 0.0205. The number of rotatable bonds is 24. The van der Waals surface area contributed by atoms with E-state index < -0.39 is 61.8 Å². The van der Waals surface area contributed by atoms with Gasteiger partial charge in [0.25, 0.3) is 40.5 Å². The third-order valence-corrected chi connectivity index (χ3v) is 10.6. The normalized spacial score (nSPS) is 12.3. The lowest BCUT2D eigenvalue weighted by Gasteiger charge is -2.13. The Morgan fingerprint density at radius 1 is 0.467 bits per heavy atom. The Morgan fingerprint density at radius 2 is 0.783 bits per heavy atom. The molecule has 26 nitrogen and oxygen atoms in total. The molecule has 328 valence electrons. The fourth-order valence-electron chi connectivity index (χ4n) is 4.71. The number of hydrogen-bond acceptors (Lipinski definition) is 22. The first-order chi connectivity index (χ1) is 28.1. The zero-order valence-electron chi connectivity index (χ0n) is 31.0. The quantitative estimate of drug-likeness (QED) is 0.0257. The average Bonchev–Trinajstić information content (AvgIpc) is 3.13. The molecule has 4 rings (SSSR count). The molecule has 0 amide bonds. The molecule has 0 spiro atoms. The van der Waals surface area contributed by atoms with Crippen molar-refractivity contribution in [1.29, 1.82) is 0 Å². The summed E-state index contributed by atoms with van der Waals surface area (Å²) in [6.45, 7) is -0.437. The van der Waals surface area contributed by atoms with Crippen molar-refractivity contribution >= 4 is 99.7 Å². The summed E-state index contributed by atoms with van der Waals surface area (Å²) in [7, 11) is -18.5. The van der Waals surface area contributed by atoms with Gasteiger partial charge < -0.3 is 42.1 Å². The van der Waals surface area contributed by atoms with Crippen molar-refractivity contribution in [2.75, 3.05) is 82.8 Å². The first-order valence-corrected chi connectivity index (χ1v) is 23.3. The highest BCUT2D eigenvalue weighted by atomic mass is 32.2. The van der Waals surface area contributed by atoms with Crippen molar-refractivity contribution in [2.45, 2.75) is 22.6 Å². The molecule has 2 aromatic heterocycles. The fraction of sp³-hybridized carbons (Fsp3) is 0.333. The summed E-state index contributed by atoms with van der Waals surface area (Å²) >= 11 is 0. The predicted octanol–water partition coefficient (Wildman–Crippen LogP) is 0.396. The molecule has 0 bridgehead atoms. The molecule has 0 aliphatic carbocycles. The molecule has 12 N–H and O–H groups in total. The SMILES string of the molecule is O=S(=O)(O)CCNc1nc(NCCCO)nc(Nc2ccc(C=Cc3ccc(Nc4nc(NCCCO)nc(NCCS(=O)(=O)O)n4)cc3S(=O)(=O)O)c(S(=O)(=O)O)c2)n1. The summed E-state index contributed by atoms with van der Waals surface area (Å²) in [5.41, 5.74) is -0.234. The molecule has 60 heavy (non-hydrogen) atoms. The van der Waals surface area contributed by atoms with Crippen LogP contribution in [-0.4, -0.2) is 143 Å². The summed E-state index contributed by atoms with van der Waals surface area (Å²) in [6, 6.07) is 7.21. The Labute approximate surface area is 343 Å². The Kier molecular flexibility index (Phi) is 16.3. The molecule has 0 aliphatic rings. The second kappa shape index (κ2) is 20.7. The predicted molar refractivity (Wildman–Crippen MR) is 218 cm³/mol. The maximum atomic E-state index is 12.5. The van der Waals surface area contributed by atoms with Crippen LogP contribution in [0.25, 0.3) is 12.2 Å². The van der Waals surface area contributed by atoms with E-state index in [0.717, 1.165) is 24.3 Å². The van der Waals surface area contributed by atoms with Gasteiger partial charge in [0.05, 0.1) is 11.5 Å². The van der Waals surface area contributed by atoms with Crippen LogP contribution < -0.4 is 31.9 Å². The monoisotopic (exact) mass is 920 g/mol. The molecule has 0 aliphatic heterocycles. The molecule has 0 radical (unpaired) electrons. The lowest BCUT2D eigenvalue weighted by molar-refractivity contribution is 0.292. The van der Waals surface area contributed by atoms with E-state index in [1.807, 2.05) is 0 Å². The molecule has 0 atom stereocenters. The summed E-state index contributed by atoms with van der Waals surface area (Å²) in [5, 5.41) is 34.5. The van der Waals surface area contributed by atoms with Gasteiger partial charge in [-0.3, -0.25) is 18.2 Å². The molecule has 4 aromatic rings. The van der Waals surface area contributed by atoms with E-state index in [1.54, 1.807) is 0 Å². The van der Waals surface area contributed by atoms with E-state index in [4.69, 9.17) is 19.3 Å². The van der Waals surface area contributed by atoms with E-state index in [0.29, 0.717) is 12.8 Å². The Hall–Kier alpha value is -5.44. The largest absolute Gasteiger partial charge is 0.396 e. The van der Waals surface area contributed by atoms with Crippen LogP contribution in [-0.2, 0) is 40.5 Å². The van der Waals surface area contributed by atoms with Gasteiger partial charge in [0.2, 0.25) is 35.7 Å². The first-order valence-electron chi connectivity index (χ1n) is 17.2. The second-order valence-electron chi connectivity index (χ2n) is 12.1. The maximum Gasteiger partial charge on any atom is 0.295 e. The van der Waals surface area contributed by atoms with Crippen molar-refractivity contribution in [3.63, 3.8) is 0 Å². The summed E-state index contributed by atoms with van der Waals surface area (Å²) < 4.78 is 133. The standard InChI is InChI=1S/C30H40N12O14S4/c43-13-1-9-31-25-37-27(33-11-15-57(45,46)47)41-29(39-25)35-21-7-5-19(23(17-21)59(51,52)53)3-4-20-6-8-22(18-24(20)60(54,55)56)36-30-40-26(32-10-2-14-44)38-28(42-30)34-12-16-58(48,49)50/h3-8,17-18,43-44H,1-2,9-16H2,(H,45,46,47)(H,48,49,50)(H,51,52,53)(H,54,55,56)(H3,31,33,35,37,39,41)(H3,32,34,36,38,40,42). The lowest BCUT2D eigenvalue weighted by atomic mass is 10.1. The van der Waals surface area contributed by atoms with E-state index in [1.165, 1.54) is 24.3 Å². The van der Waals surface area contributed by atoms with Gasteiger partial charge in [0, 0.05) is 50.8 Å². The molecule has 0 unspecified atom stereocenters. The van der Waals surface area contributed by atoms with Crippen LogP contribution >= 0.6 is 0 Å². The van der Waals surface area contributed by atoms with Crippen LogP contribution in [0.4, 0.5) is 47.1 Å².